The maximum Gasteiger partial charge on any atom is 0.190 e. The maximum atomic E-state index is 6.19. The fourth-order valence-electron chi connectivity index (χ4n) is 2.73. The largest absolute Gasteiger partial charge is 0.444 e. The summed E-state index contributed by atoms with van der Waals surface area (Å²) >= 11 is 3.30. The summed E-state index contributed by atoms with van der Waals surface area (Å²) in [6.45, 7) is 4.15. The number of aromatic nitrogens is 2. The third-order valence-corrected chi connectivity index (χ3v) is 5.74. The van der Waals surface area contributed by atoms with Crippen molar-refractivity contribution in [2.45, 2.75) is 26.7 Å². The highest BCUT2D eigenvalue weighted by Crippen LogP contribution is 2.49. The Morgan fingerprint density at radius 2 is 2.14 bits per heavy atom. The lowest BCUT2D eigenvalue weighted by atomic mass is 9.94. The number of thiophene rings is 1. The smallest absolute Gasteiger partial charge is 0.190 e. The molecule has 106 valence electrons. The quantitative estimate of drug-likeness (QED) is 0.683. The average Bonchev–Trinajstić information content (AvgIpc) is 3.06. The van der Waals surface area contributed by atoms with E-state index in [1.807, 2.05) is 25.3 Å². The Labute approximate surface area is 131 Å². The Morgan fingerprint density at radius 1 is 1.24 bits per heavy atom. The van der Waals surface area contributed by atoms with Crippen LogP contribution in [0.5, 0.6) is 10.8 Å². The number of hydrogen-bond acceptors (Lipinski definition) is 5. The molecule has 3 heterocycles. The van der Waals surface area contributed by atoms with Crippen LogP contribution in [0.4, 0.5) is 0 Å². The molecule has 5 heteroatoms. The fourth-order valence-corrected chi connectivity index (χ4v) is 4.73. The summed E-state index contributed by atoms with van der Waals surface area (Å²) in [5.41, 5.74) is 4.94. The minimum Gasteiger partial charge on any atom is -0.444 e. The average molecular weight is 314 g/mol. The van der Waals surface area contributed by atoms with Crippen LogP contribution in [0.1, 0.15) is 21.7 Å². The highest BCUT2D eigenvalue weighted by Gasteiger charge is 2.26. The van der Waals surface area contributed by atoms with E-state index in [-0.39, 0.29) is 0 Å². The summed E-state index contributed by atoms with van der Waals surface area (Å²) in [5.74, 6) is 0.832. The first kappa shape index (κ1) is 13.0. The lowest BCUT2D eigenvalue weighted by Crippen LogP contribution is -2.00. The van der Waals surface area contributed by atoms with Crippen LogP contribution in [0, 0.1) is 13.8 Å². The first-order valence-corrected chi connectivity index (χ1v) is 8.48. The Bertz CT molecular complexity index is 820. The third kappa shape index (κ3) is 2.08. The Morgan fingerprint density at radius 3 is 3.00 bits per heavy atom. The normalized spacial score (nSPS) is 12.9. The van der Waals surface area contributed by atoms with Gasteiger partial charge >= 0.3 is 0 Å². The van der Waals surface area contributed by atoms with Crippen LogP contribution < -0.4 is 4.74 Å². The molecule has 3 aromatic heterocycles. The van der Waals surface area contributed by atoms with Crippen molar-refractivity contribution in [2.24, 2.45) is 0 Å². The van der Waals surface area contributed by atoms with Gasteiger partial charge in [-0.1, -0.05) is 0 Å². The molecule has 0 bridgehead atoms. The van der Waals surface area contributed by atoms with Crippen molar-refractivity contribution >= 4 is 22.9 Å². The van der Waals surface area contributed by atoms with Crippen molar-refractivity contribution in [3.05, 3.63) is 46.2 Å². The predicted octanol–water partition coefficient (Wildman–Crippen LogP) is 4.77. The lowest BCUT2D eigenvalue weighted by molar-refractivity contribution is 0.490. The number of fused-ring (bicyclic) bond motifs is 3. The van der Waals surface area contributed by atoms with E-state index in [1.165, 1.54) is 26.4 Å². The number of rotatable bonds is 2. The summed E-state index contributed by atoms with van der Waals surface area (Å²) in [4.78, 5) is 6.92. The molecular weight excluding hydrogens is 300 g/mol. The first-order valence-electron chi connectivity index (χ1n) is 6.89. The van der Waals surface area contributed by atoms with Crippen LogP contribution >= 0.6 is 22.9 Å². The number of ether oxygens (including phenoxy) is 1. The second-order valence-corrected chi connectivity index (χ2v) is 7.16. The zero-order chi connectivity index (χ0) is 14.4. The van der Waals surface area contributed by atoms with Gasteiger partial charge in [0.05, 0.1) is 16.1 Å². The molecule has 3 nitrogen and oxygen atoms in total. The highest BCUT2D eigenvalue weighted by molar-refractivity contribution is 7.15. The summed E-state index contributed by atoms with van der Waals surface area (Å²) in [7, 11) is 0. The van der Waals surface area contributed by atoms with Crippen LogP contribution in [0.2, 0.25) is 0 Å². The minimum absolute atomic E-state index is 0.832. The molecule has 21 heavy (non-hydrogen) atoms. The van der Waals surface area contributed by atoms with Gasteiger partial charge < -0.3 is 4.74 Å². The van der Waals surface area contributed by atoms with Crippen molar-refractivity contribution in [2.75, 3.05) is 0 Å². The SMILES string of the molecule is Cc1ncccc1Oc1sc(C)c2c1-c1sncc1CC2. The topological polar surface area (TPSA) is 35.0 Å². The Hall–Kier alpha value is -1.72. The summed E-state index contributed by atoms with van der Waals surface area (Å²) in [6, 6.07) is 3.88. The van der Waals surface area contributed by atoms with Crippen molar-refractivity contribution in [1.82, 2.24) is 9.36 Å². The lowest BCUT2D eigenvalue weighted by Gasteiger charge is -2.14. The zero-order valence-electron chi connectivity index (χ0n) is 11.8. The molecule has 0 spiro atoms. The van der Waals surface area contributed by atoms with Crippen LogP contribution in [0.3, 0.4) is 0 Å². The van der Waals surface area contributed by atoms with E-state index in [2.05, 4.69) is 16.3 Å². The molecule has 0 saturated heterocycles. The molecule has 0 aromatic carbocycles. The molecule has 0 amide bonds. The molecule has 4 rings (SSSR count). The van der Waals surface area contributed by atoms with Crippen molar-refractivity contribution in [3.8, 4) is 21.3 Å². The molecule has 0 aliphatic heterocycles. The van der Waals surface area contributed by atoms with Gasteiger partial charge in [-0.25, -0.2) is 4.37 Å². The molecule has 1 aliphatic rings. The van der Waals surface area contributed by atoms with E-state index in [0.717, 1.165) is 29.3 Å². The number of pyridine rings is 1. The van der Waals surface area contributed by atoms with E-state index >= 15 is 0 Å². The third-order valence-electron chi connectivity index (χ3n) is 3.85. The molecule has 0 fully saturated rings. The van der Waals surface area contributed by atoms with Crippen LogP contribution in [-0.4, -0.2) is 9.36 Å². The van der Waals surface area contributed by atoms with Gasteiger partial charge in [-0.2, -0.15) is 0 Å². The standard InChI is InChI=1S/C16H14N2OS2/c1-9-13(4-3-7-17-9)19-16-14-12(10(2)20-16)6-5-11-8-18-21-15(11)14/h3-4,7-8H,5-6H2,1-2H3. The van der Waals surface area contributed by atoms with Crippen LogP contribution in [-0.2, 0) is 12.8 Å². The van der Waals surface area contributed by atoms with Gasteiger partial charge in [-0.15, -0.1) is 11.3 Å². The predicted molar refractivity (Wildman–Crippen MR) is 86.6 cm³/mol. The van der Waals surface area contributed by atoms with Gasteiger partial charge in [0.1, 0.15) is 5.75 Å². The number of nitrogens with zero attached hydrogens (tertiary/aromatic N) is 2. The molecular formula is C16H14N2OS2. The Kier molecular flexibility index (Phi) is 3.05. The van der Waals surface area contributed by atoms with E-state index in [4.69, 9.17) is 4.74 Å². The molecule has 0 N–H and O–H groups in total. The van der Waals surface area contributed by atoms with E-state index in [1.54, 1.807) is 29.1 Å². The molecule has 3 aromatic rings. The summed E-state index contributed by atoms with van der Waals surface area (Å²) in [5, 5.41) is 0.976. The van der Waals surface area contributed by atoms with Gasteiger partial charge in [-0.05, 0) is 61.5 Å². The van der Waals surface area contributed by atoms with Gasteiger partial charge in [0, 0.05) is 17.3 Å². The monoisotopic (exact) mass is 314 g/mol. The van der Waals surface area contributed by atoms with Gasteiger partial charge in [0.25, 0.3) is 0 Å². The Balaban J connectivity index is 1.84. The van der Waals surface area contributed by atoms with Crippen LogP contribution in [0.15, 0.2) is 24.5 Å². The fraction of sp³-hybridized carbons (Fsp3) is 0.250. The van der Waals surface area contributed by atoms with Gasteiger partial charge in [0.15, 0.2) is 5.06 Å². The second kappa shape index (κ2) is 4.93. The summed E-state index contributed by atoms with van der Waals surface area (Å²) < 4.78 is 10.5. The molecule has 0 unspecified atom stereocenters. The van der Waals surface area contributed by atoms with E-state index < -0.39 is 0 Å². The minimum atomic E-state index is 0.832. The second-order valence-electron chi connectivity index (χ2n) is 5.17. The first-order chi connectivity index (χ1) is 10.2. The zero-order valence-corrected chi connectivity index (χ0v) is 13.5. The maximum absolute atomic E-state index is 6.19. The number of aryl methyl sites for hydroxylation is 3. The molecule has 0 saturated carbocycles. The van der Waals surface area contributed by atoms with Crippen molar-refractivity contribution < 1.29 is 4.74 Å². The van der Waals surface area contributed by atoms with Gasteiger partial charge in [0.2, 0.25) is 0 Å². The van der Waals surface area contributed by atoms with E-state index in [9.17, 15) is 0 Å². The van der Waals surface area contributed by atoms with Crippen LogP contribution in [0.25, 0.3) is 10.4 Å². The van der Waals surface area contributed by atoms with Gasteiger partial charge in [-0.3, -0.25) is 4.98 Å². The number of hydrogen-bond donors (Lipinski definition) is 0. The highest BCUT2D eigenvalue weighted by atomic mass is 32.1. The molecule has 0 radical (unpaired) electrons. The van der Waals surface area contributed by atoms with Crippen molar-refractivity contribution in [1.29, 1.82) is 0 Å². The van der Waals surface area contributed by atoms with E-state index in [0.29, 0.717) is 0 Å². The summed E-state index contributed by atoms with van der Waals surface area (Å²) in [6.07, 6.45) is 5.95. The molecule has 1 aliphatic carbocycles. The molecule has 0 atom stereocenters. The van der Waals surface area contributed by atoms with Crippen molar-refractivity contribution in [3.63, 3.8) is 0 Å².